The molecule has 1 rings (SSSR count). The monoisotopic (exact) mass is 201 g/mol. The average Bonchev–Trinajstić information content (AvgIpc) is 2.17. The van der Waals surface area contributed by atoms with Crippen LogP contribution in [0.3, 0.4) is 0 Å². The van der Waals surface area contributed by atoms with E-state index in [0.29, 0.717) is 6.33 Å². The van der Waals surface area contributed by atoms with Crippen molar-refractivity contribution in [1.29, 1.82) is 0 Å². The summed E-state index contributed by atoms with van der Waals surface area (Å²) in [6.07, 6.45) is 0.419. The number of nitrogens with two attached hydrogens (primary N) is 1. The van der Waals surface area contributed by atoms with Crippen LogP contribution in [0.15, 0.2) is 30.1 Å². The fourth-order valence-electron chi connectivity index (χ4n) is 1.06. The first-order valence-electron chi connectivity index (χ1n) is 4.09. The zero-order chi connectivity index (χ0) is 10.6. The second kappa shape index (κ2) is 4.81. The maximum atomic E-state index is 13.1. The molecule has 0 spiro atoms. The van der Waals surface area contributed by atoms with Gasteiger partial charge in [0.1, 0.15) is 11.6 Å². The first-order chi connectivity index (χ1) is 6.67. The first-order valence-corrected chi connectivity index (χ1v) is 4.09. The Kier molecular flexibility index (Phi) is 3.71. The van der Waals surface area contributed by atoms with E-state index >= 15 is 0 Å². The van der Waals surface area contributed by atoms with Gasteiger partial charge in [-0.1, -0.05) is 6.07 Å². The number of benzene rings is 1. The third-order valence-corrected chi connectivity index (χ3v) is 1.85. The maximum Gasteiger partial charge on any atom is 0.129 e. The molecule has 0 bridgehead atoms. The molecule has 0 fully saturated rings. The Morgan fingerprint density at radius 3 is 2.57 bits per heavy atom. The molecule has 0 saturated heterocycles. The predicted octanol–water partition coefficient (Wildman–Crippen LogP) is 2.32. The molecule has 0 unspecified atom stereocenters. The van der Waals surface area contributed by atoms with Crippen LogP contribution in [-0.2, 0) is 6.42 Å². The molecule has 0 radical (unpaired) electrons. The van der Waals surface area contributed by atoms with Gasteiger partial charge in [-0.25, -0.2) is 13.2 Å². The summed E-state index contributed by atoms with van der Waals surface area (Å²) < 4.78 is 37.7. The van der Waals surface area contributed by atoms with Crippen LogP contribution in [0.1, 0.15) is 5.56 Å². The molecule has 0 aliphatic rings. The van der Waals surface area contributed by atoms with Crippen molar-refractivity contribution >= 4 is 0 Å². The minimum Gasteiger partial charge on any atom is -0.327 e. The first kappa shape index (κ1) is 10.8. The van der Waals surface area contributed by atoms with Crippen LogP contribution in [0.5, 0.6) is 0 Å². The van der Waals surface area contributed by atoms with Gasteiger partial charge in [0.25, 0.3) is 0 Å². The Balaban J connectivity index is 2.87. The topological polar surface area (TPSA) is 26.0 Å². The van der Waals surface area contributed by atoms with Crippen LogP contribution in [0.25, 0.3) is 0 Å². The lowest BCUT2D eigenvalue weighted by Crippen LogP contribution is -2.06. The van der Waals surface area contributed by atoms with E-state index < -0.39 is 11.6 Å². The third kappa shape index (κ3) is 2.60. The number of rotatable bonds is 3. The van der Waals surface area contributed by atoms with Gasteiger partial charge in [0.2, 0.25) is 0 Å². The van der Waals surface area contributed by atoms with E-state index in [1.165, 1.54) is 6.07 Å². The smallest absolute Gasteiger partial charge is 0.129 e. The Morgan fingerprint density at radius 2 is 2.07 bits per heavy atom. The van der Waals surface area contributed by atoms with Gasteiger partial charge in [-0.15, -0.1) is 0 Å². The van der Waals surface area contributed by atoms with Crippen LogP contribution < -0.4 is 5.73 Å². The average molecular weight is 201 g/mol. The fourth-order valence-corrected chi connectivity index (χ4v) is 1.06. The predicted molar refractivity (Wildman–Crippen MR) is 48.3 cm³/mol. The molecule has 2 N–H and O–H groups in total. The highest BCUT2D eigenvalue weighted by molar-refractivity contribution is 5.24. The molecule has 1 nitrogen and oxygen atoms in total. The largest absolute Gasteiger partial charge is 0.327 e. The van der Waals surface area contributed by atoms with E-state index in [0.717, 1.165) is 12.1 Å². The Labute approximate surface area is 80.0 Å². The molecular formula is C10H10F3N. The molecule has 0 amide bonds. The molecular weight excluding hydrogens is 191 g/mol. The van der Waals surface area contributed by atoms with Gasteiger partial charge in [0.15, 0.2) is 0 Å². The van der Waals surface area contributed by atoms with E-state index in [4.69, 9.17) is 5.73 Å². The van der Waals surface area contributed by atoms with Gasteiger partial charge >= 0.3 is 0 Å². The van der Waals surface area contributed by atoms with Crippen molar-refractivity contribution in [3.05, 3.63) is 47.3 Å². The van der Waals surface area contributed by atoms with E-state index in [9.17, 15) is 13.2 Å². The van der Waals surface area contributed by atoms with Crippen LogP contribution >= 0.6 is 0 Å². The van der Waals surface area contributed by atoms with Crippen LogP contribution in [0.4, 0.5) is 13.2 Å². The SMILES string of the molecule is NC/C(=C/F)Cc1ccc(F)cc1F. The minimum atomic E-state index is -0.683. The van der Waals surface area contributed by atoms with Crippen molar-refractivity contribution in [2.24, 2.45) is 5.73 Å². The molecule has 0 atom stereocenters. The number of halogens is 3. The molecule has 4 heteroatoms. The summed E-state index contributed by atoms with van der Waals surface area (Å²) in [4.78, 5) is 0. The summed E-state index contributed by atoms with van der Waals surface area (Å²) in [6, 6.07) is 3.18. The lowest BCUT2D eigenvalue weighted by Gasteiger charge is -2.04. The van der Waals surface area contributed by atoms with Gasteiger partial charge in [0, 0.05) is 19.0 Å². The van der Waals surface area contributed by atoms with Crippen molar-refractivity contribution < 1.29 is 13.2 Å². The van der Waals surface area contributed by atoms with Crippen LogP contribution in [0, 0.1) is 11.6 Å². The van der Waals surface area contributed by atoms with Crippen molar-refractivity contribution in [1.82, 2.24) is 0 Å². The lowest BCUT2D eigenvalue weighted by molar-refractivity contribution is 0.573. The zero-order valence-electron chi connectivity index (χ0n) is 7.43. The normalized spacial score (nSPS) is 11.9. The standard InChI is InChI=1S/C10H10F3N/c11-5-7(6-14)3-8-1-2-9(12)4-10(8)13/h1-2,4-5H,3,6,14H2/b7-5+. The van der Waals surface area contributed by atoms with Gasteiger partial charge in [-0.05, 0) is 17.2 Å². The van der Waals surface area contributed by atoms with Crippen LogP contribution in [0.2, 0.25) is 0 Å². The minimum absolute atomic E-state index is 0.0211. The van der Waals surface area contributed by atoms with Crippen molar-refractivity contribution in [3.63, 3.8) is 0 Å². The summed E-state index contributed by atoms with van der Waals surface area (Å²) in [6.45, 7) is 0.0211. The highest BCUT2D eigenvalue weighted by Gasteiger charge is 2.05. The molecule has 1 aromatic rings. The summed E-state index contributed by atoms with van der Waals surface area (Å²) >= 11 is 0. The highest BCUT2D eigenvalue weighted by Crippen LogP contribution is 2.13. The molecule has 0 heterocycles. The maximum absolute atomic E-state index is 13.1. The molecule has 0 saturated carbocycles. The highest BCUT2D eigenvalue weighted by atomic mass is 19.1. The van der Waals surface area contributed by atoms with Crippen LogP contribution in [-0.4, -0.2) is 6.54 Å². The molecule has 0 aromatic heterocycles. The molecule has 76 valence electrons. The van der Waals surface area contributed by atoms with Gasteiger partial charge < -0.3 is 5.73 Å². The van der Waals surface area contributed by atoms with E-state index in [1.807, 2.05) is 0 Å². The lowest BCUT2D eigenvalue weighted by atomic mass is 10.1. The fraction of sp³-hybridized carbons (Fsp3) is 0.200. The quantitative estimate of drug-likeness (QED) is 0.797. The summed E-state index contributed by atoms with van der Waals surface area (Å²) in [5.41, 5.74) is 5.72. The Morgan fingerprint density at radius 1 is 1.36 bits per heavy atom. The van der Waals surface area contributed by atoms with Gasteiger partial charge in [-0.3, -0.25) is 0 Å². The summed E-state index contributed by atoms with van der Waals surface area (Å²) in [5.74, 6) is -1.33. The summed E-state index contributed by atoms with van der Waals surface area (Å²) in [5, 5.41) is 0. The van der Waals surface area contributed by atoms with Crippen molar-refractivity contribution in [2.75, 3.05) is 6.54 Å². The Hall–Kier alpha value is -1.29. The zero-order valence-corrected chi connectivity index (χ0v) is 7.43. The third-order valence-electron chi connectivity index (χ3n) is 1.85. The van der Waals surface area contributed by atoms with Gasteiger partial charge in [-0.2, -0.15) is 0 Å². The second-order valence-corrected chi connectivity index (χ2v) is 2.88. The molecule has 0 aliphatic carbocycles. The van der Waals surface area contributed by atoms with E-state index in [2.05, 4.69) is 0 Å². The van der Waals surface area contributed by atoms with Crippen molar-refractivity contribution in [3.8, 4) is 0 Å². The molecule has 0 aliphatic heterocycles. The van der Waals surface area contributed by atoms with E-state index in [1.54, 1.807) is 0 Å². The summed E-state index contributed by atoms with van der Waals surface area (Å²) in [7, 11) is 0. The molecule has 14 heavy (non-hydrogen) atoms. The van der Waals surface area contributed by atoms with E-state index in [-0.39, 0.29) is 24.1 Å². The second-order valence-electron chi connectivity index (χ2n) is 2.88. The molecule has 1 aromatic carbocycles. The number of hydrogen-bond donors (Lipinski definition) is 1. The Bertz CT molecular complexity index is 347. The number of hydrogen-bond acceptors (Lipinski definition) is 1. The van der Waals surface area contributed by atoms with Crippen molar-refractivity contribution in [2.45, 2.75) is 6.42 Å². The van der Waals surface area contributed by atoms with Gasteiger partial charge in [0.05, 0.1) is 6.33 Å².